The number of benzene rings is 3. The second-order valence-electron chi connectivity index (χ2n) is 9.23. The minimum Gasteiger partial charge on any atom is -0.378 e. The topological polar surface area (TPSA) is 84.3 Å². The second kappa shape index (κ2) is 8.78. The standard InChI is InChI=1S/C28H27N3O3/c1-17-6-7-19(14-18(17)2)16-29-28(32)21-10-13-26-25(15-21)23-4-3-5-24(23)27(30-26)20-8-11-22(12-9-20)31(33)34/h3-4,6-15,23-24,27,30H,5,16H2,1-2H3,(H,29,32). The molecule has 2 N–H and O–H groups in total. The van der Waals surface area contributed by atoms with Crippen molar-refractivity contribution in [2.24, 2.45) is 5.92 Å². The molecule has 0 bridgehead atoms. The molecule has 1 heterocycles. The van der Waals surface area contributed by atoms with E-state index >= 15 is 0 Å². The first-order chi connectivity index (χ1) is 16.4. The summed E-state index contributed by atoms with van der Waals surface area (Å²) in [6.45, 7) is 4.64. The smallest absolute Gasteiger partial charge is 0.269 e. The number of rotatable bonds is 5. The van der Waals surface area contributed by atoms with Crippen LogP contribution in [0.4, 0.5) is 11.4 Å². The van der Waals surface area contributed by atoms with Gasteiger partial charge in [0.25, 0.3) is 11.6 Å². The lowest BCUT2D eigenvalue weighted by atomic mass is 9.76. The zero-order valence-corrected chi connectivity index (χ0v) is 19.2. The molecule has 3 aromatic carbocycles. The highest BCUT2D eigenvalue weighted by molar-refractivity contribution is 5.95. The zero-order chi connectivity index (χ0) is 23.8. The molecule has 6 nitrogen and oxygen atoms in total. The number of allylic oxidation sites excluding steroid dienone is 2. The molecule has 5 rings (SSSR count). The molecular formula is C28H27N3O3. The van der Waals surface area contributed by atoms with E-state index in [0.29, 0.717) is 18.0 Å². The fourth-order valence-corrected chi connectivity index (χ4v) is 5.07. The number of hydrogen-bond acceptors (Lipinski definition) is 4. The van der Waals surface area contributed by atoms with E-state index in [1.54, 1.807) is 12.1 Å². The summed E-state index contributed by atoms with van der Waals surface area (Å²) >= 11 is 0. The lowest BCUT2D eigenvalue weighted by Crippen LogP contribution is -2.30. The summed E-state index contributed by atoms with van der Waals surface area (Å²) in [6, 6.07) is 18.9. The van der Waals surface area contributed by atoms with Crippen molar-refractivity contribution in [2.75, 3.05) is 5.32 Å². The maximum atomic E-state index is 12.9. The second-order valence-corrected chi connectivity index (χ2v) is 9.23. The average Bonchev–Trinajstić information content (AvgIpc) is 3.34. The van der Waals surface area contributed by atoms with Gasteiger partial charge in [0.15, 0.2) is 0 Å². The highest BCUT2D eigenvalue weighted by atomic mass is 16.6. The van der Waals surface area contributed by atoms with E-state index in [9.17, 15) is 14.9 Å². The molecule has 3 unspecified atom stereocenters. The fraction of sp³-hybridized carbons (Fsp3) is 0.250. The van der Waals surface area contributed by atoms with Crippen LogP contribution in [-0.2, 0) is 6.54 Å². The SMILES string of the molecule is Cc1ccc(CNC(=O)c2ccc3c(c2)C2C=CCC2C(c2ccc([N+](=O)[O-])cc2)N3)cc1C. The van der Waals surface area contributed by atoms with Crippen LogP contribution in [0, 0.1) is 29.9 Å². The monoisotopic (exact) mass is 453 g/mol. The van der Waals surface area contributed by atoms with Crippen molar-refractivity contribution in [1.82, 2.24) is 5.32 Å². The van der Waals surface area contributed by atoms with Gasteiger partial charge in [-0.3, -0.25) is 14.9 Å². The predicted molar refractivity (Wildman–Crippen MR) is 133 cm³/mol. The summed E-state index contributed by atoms with van der Waals surface area (Å²) in [5, 5.41) is 17.7. The Bertz CT molecular complexity index is 1300. The minimum atomic E-state index is -0.375. The van der Waals surface area contributed by atoms with Crippen molar-refractivity contribution >= 4 is 17.3 Å². The number of carbonyl (C=O) groups is 1. The summed E-state index contributed by atoms with van der Waals surface area (Å²) in [6.07, 6.45) is 5.33. The van der Waals surface area contributed by atoms with Gasteiger partial charge in [-0.05, 0) is 72.2 Å². The van der Waals surface area contributed by atoms with E-state index in [1.807, 2.05) is 36.4 Å². The number of nitrogens with zero attached hydrogens (tertiary/aromatic N) is 1. The van der Waals surface area contributed by atoms with Crippen LogP contribution in [0.3, 0.4) is 0 Å². The van der Waals surface area contributed by atoms with Crippen LogP contribution >= 0.6 is 0 Å². The quantitative estimate of drug-likeness (QED) is 0.283. The number of carbonyl (C=O) groups excluding carboxylic acids is 1. The first-order valence-corrected chi connectivity index (χ1v) is 11.6. The third kappa shape index (κ3) is 4.07. The minimum absolute atomic E-state index is 0.0535. The largest absolute Gasteiger partial charge is 0.378 e. The molecule has 1 amide bonds. The number of nitro groups is 1. The molecule has 34 heavy (non-hydrogen) atoms. The number of nitro benzene ring substituents is 1. The first-order valence-electron chi connectivity index (χ1n) is 11.6. The Morgan fingerprint density at radius 1 is 1.06 bits per heavy atom. The Morgan fingerprint density at radius 2 is 1.85 bits per heavy atom. The third-order valence-corrected chi connectivity index (χ3v) is 7.11. The van der Waals surface area contributed by atoms with Crippen molar-refractivity contribution in [3.63, 3.8) is 0 Å². The molecule has 6 heteroatoms. The maximum Gasteiger partial charge on any atom is 0.269 e. The first kappa shape index (κ1) is 21.9. The number of aryl methyl sites for hydroxylation is 2. The number of anilines is 1. The van der Waals surface area contributed by atoms with E-state index in [2.05, 4.69) is 48.8 Å². The summed E-state index contributed by atoms with van der Waals surface area (Å²) in [5.74, 6) is 0.406. The van der Waals surface area contributed by atoms with Crippen molar-refractivity contribution < 1.29 is 9.72 Å². The molecule has 172 valence electrons. The average molecular weight is 454 g/mol. The summed E-state index contributed by atoms with van der Waals surface area (Å²) in [5.41, 5.74) is 7.44. The summed E-state index contributed by atoms with van der Waals surface area (Å²) in [4.78, 5) is 23.6. The molecule has 3 aromatic rings. The van der Waals surface area contributed by atoms with Crippen LogP contribution in [0.1, 0.15) is 56.6 Å². The van der Waals surface area contributed by atoms with Crippen molar-refractivity contribution in [2.45, 2.75) is 38.8 Å². The van der Waals surface area contributed by atoms with Crippen LogP contribution in [0.15, 0.2) is 72.8 Å². The van der Waals surface area contributed by atoms with E-state index < -0.39 is 0 Å². The van der Waals surface area contributed by atoms with Gasteiger partial charge in [-0.1, -0.05) is 42.5 Å². The maximum absolute atomic E-state index is 12.9. The molecule has 0 fully saturated rings. The van der Waals surface area contributed by atoms with Crippen LogP contribution < -0.4 is 10.6 Å². The van der Waals surface area contributed by atoms with Gasteiger partial charge in [-0.25, -0.2) is 0 Å². The van der Waals surface area contributed by atoms with Gasteiger partial charge in [0, 0.05) is 35.8 Å². The van der Waals surface area contributed by atoms with Gasteiger partial charge >= 0.3 is 0 Å². The van der Waals surface area contributed by atoms with Gasteiger partial charge in [0.2, 0.25) is 0 Å². The van der Waals surface area contributed by atoms with Gasteiger partial charge in [-0.15, -0.1) is 0 Å². The zero-order valence-electron chi connectivity index (χ0n) is 19.2. The predicted octanol–water partition coefficient (Wildman–Crippen LogP) is 5.97. The number of non-ortho nitro benzene ring substituents is 1. The van der Waals surface area contributed by atoms with Gasteiger partial charge in [0.05, 0.1) is 11.0 Å². The van der Waals surface area contributed by atoms with Crippen LogP contribution in [-0.4, -0.2) is 10.8 Å². The fourth-order valence-electron chi connectivity index (χ4n) is 5.07. The highest BCUT2D eigenvalue weighted by Gasteiger charge is 2.38. The molecule has 1 aliphatic carbocycles. The molecule has 0 saturated heterocycles. The van der Waals surface area contributed by atoms with Crippen LogP contribution in [0.5, 0.6) is 0 Å². The Kier molecular flexibility index (Phi) is 5.65. The summed E-state index contributed by atoms with van der Waals surface area (Å²) in [7, 11) is 0. The normalized spacial score (nSPS) is 20.2. The number of nitrogens with one attached hydrogen (secondary N) is 2. The van der Waals surface area contributed by atoms with Crippen molar-refractivity contribution in [1.29, 1.82) is 0 Å². The van der Waals surface area contributed by atoms with Crippen molar-refractivity contribution in [3.8, 4) is 0 Å². The van der Waals surface area contributed by atoms with Crippen LogP contribution in [0.25, 0.3) is 0 Å². The molecule has 0 aromatic heterocycles. The van der Waals surface area contributed by atoms with Gasteiger partial charge < -0.3 is 10.6 Å². The molecule has 0 saturated carbocycles. The number of hydrogen-bond donors (Lipinski definition) is 2. The lowest BCUT2D eigenvalue weighted by molar-refractivity contribution is -0.384. The Hall–Kier alpha value is -3.93. The molecule has 3 atom stereocenters. The lowest BCUT2D eigenvalue weighted by Gasteiger charge is -2.37. The Morgan fingerprint density at radius 3 is 2.59 bits per heavy atom. The van der Waals surface area contributed by atoms with Gasteiger partial charge in [-0.2, -0.15) is 0 Å². The van der Waals surface area contributed by atoms with E-state index in [0.717, 1.165) is 28.8 Å². The highest BCUT2D eigenvalue weighted by Crippen LogP contribution is 2.50. The van der Waals surface area contributed by atoms with E-state index in [1.165, 1.54) is 11.1 Å². The number of amides is 1. The van der Waals surface area contributed by atoms with E-state index in [-0.39, 0.29) is 28.5 Å². The molecule has 0 spiro atoms. The number of fused-ring (bicyclic) bond motifs is 3. The van der Waals surface area contributed by atoms with Crippen LogP contribution in [0.2, 0.25) is 0 Å². The third-order valence-electron chi connectivity index (χ3n) is 7.11. The van der Waals surface area contributed by atoms with Crippen molar-refractivity contribution in [3.05, 3.63) is 116 Å². The van der Waals surface area contributed by atoms with Gasteiger partial charge in [0.1, 0.15) is 0 Å². The molecule has 1 aliphatic heterocycles. The Labute approximate surface area is 198 Å². The molecule has 2 aliphatic rings. The van der Waals surface area contributed by atoms with E-state index in [4.69, 9.17) is 0 Å². The Balaban J connectivity index is 1.36. The molecule has 0 radical (unpaired) electrons. The molecular weight excluding hydrogens is 426 g/mol. The summed E-state index contributed by atoms with van der Waals surface area (Å²) < 4.78 is 0.